The largest absolute Gasteiger partial charge is 0.428 e. The molecular formula is C13H14F3NO. The van der Waals surface area contributed by atoms with Crippen LogP contribution in [0.5, 0.6) is 0 Å². The highest BCUT2D eigenvalue weighted by Crippen LogP contribution is 2.37. The first-order valence-corrected chi connectivity index (χ1v) is 5.64. The average Bonchev–Trinajstić information content (AvgIpc) is 2.74. The molecule has 0 aliphatic carbocycles. The third-order valence-corrected chi connectivity index (χ3v) is 2.92. The lowest BCUT2D eigenvalue weighted by atomic mass is 10.1. The van der Waals surface area contributed by atoms with E-state index in [2.05, 4.69) is 6.58 Å². The van der Waals surface area contributed by atoms with Gasteiger partial charge in [-0.15, -0.1) is 6.58 Å². The zero-order chi connectivity index (χ0) is 13.2. The molecule has 0 spiro atoms. The predicted molar refractivity (Wildman–Crippen MR) is 61.9 cm³/mol. The first kappa shape index (κ1) is 13.1. The van der Waals surface area contributed by atoms with Gasteiger partial charge in [-0.2, -0.15) is 13.2 Å². The maximum Gasteiger partial charge on any atom is 0.428 e. The Hall–Kier alpha value is -1.33. The summed E-state index contributed by atoms with van der Waals surface area (Å²) in [6, 6.07) is 8.69. The van der Waals surface area contributed by atoms with Gasteiger partial charge in [-0.05, 0) is 5.56 Å². The van der Waals surface area contributed by atoms with Gasteiger partial charge in [-0.3, -0.25) is 4.90 Å². The minimum atomic E-state index is -4.38. The van der Waals surface area contributed by atoms with Gasteiger partial charge in [-0.25, -0.2) is 0 Å². The third-order valence-electron chi connectivity index (χ3n) is 2.92. The van der Waals surface area contributed by atoms with Crippen molar-refractivity contribution in [2.75, 3.05) is 13.2 Å². The molecule has 98 valence electrons. The summed E-state index contributed by atoms with van der Waals surface area (Å²) < 4.78 is 43.4. The number of benzene rings is 1. The van der Waals surface area contributed by atoms with E-state index in [-0.39, 0.29) is 19.2 Å². The van der Waals surface area contributed by atoms with Gasteiger partial charge in [-0.1, -0.05) is 36.4 Å². The number of hydrogen-bond donors (Lipinski definition) is 0. The molecule has 1 aliphatic rings. The van der Waals surface area contributed by atoms with Gasteiger partial charge < -0.3 is 4.74 Å². The second-order valence-electron chi connectivity index (χ2n) is 4.14. The molecule has 1 aromatic carbocycles. The molecule has 0 saturated carbocycles. The van der Waals surface area contributed by atoms with Crippen molar-refractivity contribution in [1.82, 2.24) is 4.90 Å². The molecule has 0 aromatic heterocycles. The molecule has 0 amide bonds. The molecule has 1 aliphatic heterocycles. The van der Waals surface area contributed by atoms with Crippen LogP contribution in [0.3, 0.4) is 0 Å². The van der Waals surface area contributed by atoms with Crippen molar-refractivity contribution < 1.29 is 17.9 Å². The normalized spacial score (nSPS) is 25.3. The Labute approximate surface area is 104 Å². The number of hydrogen-bond acceptors (Lipinski definition) is 2. The van der Waals surface area contributed by atoms with E-state index in [1.165, 1.54) is 11.0 Å². The molecule has 18 heavy (non-hydrogen) atoms. The van der Waals surface area contributed by atoms with Gasteiger partial charge in [0, 0.05) is 6.54 Å². The van der Waals surface area contributed by atoms with Crippen molar-refractivity contribution in [2.45, 2.75) is 18.4 Å². The molecule has 2 nitrogen and oxygen atoms in total. The van der Waals surface area contributed by atoms with E-state index in [0.717, 1.165) is 5.56 Å². The number of rotatable bonds is 3. The van der Waals surface area contributed by atoms with Gasteiger partial charge in [0.05, 0.1) is 12.6 Å². The fraction of sp³-hybridized carbons (Fsp3) is 0.385. The van der Waals surface area contributed by atoms with Crippen LogP contribution in [0.2, 0.25) is 0 Å². The second-order valence-corrected chi connectivity index (χ2v) is 4.14. The lowest BCUT2D eigenvalue weighted by Gasteiger charge is -2.28. The lowest BCUT2D eigenvalue weighted by molar-refractivity contribution is -0.239. The molecule has 0 N–H and O–H groups in total. The minimum absolute atomic E-state index is 0.0437. The minimum Gasteiger partial charge on any atom is -0.352 e. The highest BCUT2D eigenvalue weighted by atomic mass is 19.4. The summed E-state index contributed by atoms with van der Waals surface area (Å²) in [6.45, 7) is 3.69. The summed E-state index contributed by atoms with van der Waals surface area (Å²) in [5, 5.41) is 0. The molecule has 2 unspecified atom stereocenters. The monoisotopic (exact) mass is 257 g/mol. The molecule has 2 rings (SSSR count). The van der Waals surface area contributed by atoms with Crippen LogP contribution < -0.4 is 0 Å². The Morgan fingerprint density at radius 2 is 2.00 bits per heavy atom. The smallest absolute Gasteiger partial charge is 0.352 e. The second kappa shape index (κ2) is 5.12. The summed E-state index contributed by atoms with van der Waals surface area (Å²) in [7, 11) is 0. The number of halogens is 3. The zero-order valence-corrected chi connectivity index (χ0v) is 9.73. The van der Waals surface area contributed by atoms with Gasteiger partial charge >= 0.3 is 6.18 Å². The summed E-state index contributed by atoms with van der Waals surface area (Å²) in [5.74, 6) is 0. The standard InChI is InChI=1S/C13H14F3NO/c1-2-8-17-11(10-6-4-3-5-7-10)9-18-12(17)13(14,15)16/h2-7,11-12H,1,8-9H2. The van der Waals surface area contributed by atoms with Crippen LogP contribution in [0, 0.1) is 0 Å². The van der Waals surface area contributed by atoms with Crippen LogP contribution in [0.25, 0.3) is 0 Å². The van der Waals surface area contributed by atoms with E-state index < -0.39 is 12.4 Å². The van der Waals surface area contributed by atoms with E-state index in [9.17, 15) is 13.2 Å². The summed E-state index contributed by atoms with van der Waals surface area (Å²) in [4.78, 5) is 1.28. The van der Waals surface area contributed by atoms with E-state index in [1.54, 1.807) is 0 Å². The van der Waals surface area contributed by atoms with Crippen LogP contribution in [-0.4, -0.2) is 30.5 Å². The van der Waals surface area contributed by atoms with Gasteiger partial charge in [0.1, 0.15) is 0 Å². The molecule has 5 heteroatoms. The maximum absolute atomic E-state index is 12.8. The van der Waals surface area contributed by atoms with E-state index in [4.69, 9.17) is 4.74 Å². The molecular weight excluding hydrogens is 243 g/mol. The SMILES string of the molecule is C=CCN1C(c2ccccc2)COC1C(F)(F)F. The van der Waals surface area contributed by atoms with Crippen LogP contribution in [-0.2, 0) is 4.74 Å². The average molecular weight is 257 g/mol. The Bertz CT molecular complexity index is 404. The molecule has 1 aromatic rings. The van der Waals surface area contributed by atoms with Crippen LogP contribution in [0.4, 0.5) is 13.2 Å². The zero-order valence-electron chi connectivity index (χ0n) is 9.73. The lowest BCUT2D eigenvalue weighted by Crippen LogP contribution is -2.43. The van der Waals surface area contributed by atoms with Crippen LogP contribution in [0.1, 0.15) is 11.6 Å². The quantitative estimate of drug-likeness (QED) is 0.771. The molecule has 1 fully saturated rings. The van der Waals surface area contributed by atoms with Gasteiger partial charge in [0.2, 0.25) is 6.23 Å². The highest BCUT2D eigenvalue weighted by molar-refractivity contribution is 5.20. The number of nitrogens with zero attached hydrogens (tertiary/aromatic N) is 1. The Morgan fingerprint density at radius 3 is 2.56 bits per heavy atom. The van der Waals surface area contributed by atoms with Crippen molar-refractivity contribution in [2.24, 2.45) is 0 Å². The summed E-state index contributed by atoms with van der Waals surface area (Å²) in [6.07, 6.45) is -4.77. The van der Waals surface area contributed by atoms with Crippen molar-refractivity contribution in [3.05, 3.63) is 48.6 Å². The third kappa shape index (κ3) is 2.57. The molecule has 2 atom stereocenters. The van der Waals surface area contributed by atoms with E-state index in [1.807, 2.05) is 30.3 Å². The van der Waals surface area contributed by atoms with Crippen molar-refractivity contribution >= 4 is 0 Å². The Kier molecular flexibility index (Phi) is 3.73. The fourth-order valence-electron chi connectivity index (χ4n) is 2.15. The van der Waals surface area contributed by atoms with Crippen molar-refractivity contribution in [3.63, 3.8) is 0 Å². The molecule has 1 heterocycles. The predicted octanol–water partition coefficient (Wildman–Crippen LogP) is 3.13. The van der Waals surface area contributed by atoms with Crippen LogP contribution >= 0.6 is 0 Å². The van der Waals surface area contributed by atoms with Gasteiger partial charge in [0.15, 0.2) is 0 Å². The fourth-order valence-corrected chi connectivity index (χ4v) is 2.15. The summed E-state index contributed by atoms with van der Waals surface area (Å²) >= 11 is 0. The molecule has 0 radical (unpaired) electrons. The summed E-state index contributed by atoms with van der Waals surface area (Å²) in [5.41, 5.74) is 0.825. The molecule has 0 bridgehead atoms. The van der Waals surface area contributed by atoms with E-state index in [0.29, 0.717) is 0 Å². The number of alkyl halides is 3. The number of ether oxygens (including phenoxy) is 1. The molecule has 1 saturated heterocycles. The van der Waals surface area contributed by atoms with Crippen molar-refractivity contribution in [3.8, 4) is 0 Å². The van der Waals surface area contributed by atoms with Crippen molar-refractivity contribution in [1.29, 1.82) is 0 Å². The Balaban J connectivity index is 2.25. The first-order valence-electron chi connectivity index (χ1n) is 5.64. The first-order chi connectivity index (χ1) is 8.54. The maximum atomic E-state index is 12.8. The van der Waals surface area contributed by atoms with Crippen LogP contribution in [0.15, 0.2) is 43.0 Å². The topological polar surface area (TPSA) is 12.5 Å². The van der Waals surface area contributed by atoms with E-state index >= 15 is 0 Å². The Morgan fingerprint density at radius 1 is 1.33 bits per heavy atom. The highest BCUT2D eigenvalue weighted by Gasteiger charge is 2.50. The van der Waals surface area contributed by atoms with Gasteiger partial charge in [0.25, 0.3) is 0 Å².